The highest BCUT2D eigenvalue weighted by Crippen LogP contribution is 2.39. The molecular formula is C18H23NO2S2. The molecule has 0 saturated heterocycles. The minimum Gasteiger partial charge on any atom is -0.372 e. The Labute approximate surface area is 145 Å². The minimum atomic E-state index is -1.47. The third-order valence-corrected chi connectivity index (χ3v) is 6.85. The molecule has 1 saturated carbocycles. The molecule has 0 aliphatic heterocycles. The third-order valence-electron chi connectivity index (χ3n) is 4.89. The number of carbonyl (C=O) groups excluding carboxylic acids is 1. The number of Topliss-reactive ketones (excluding diaryl/α,β-unsaturated/α-hetero) is 1. The molecule has 1 fully saturated rings. The molecule has 3 nitrogen and oxygen atoms in total. The van der Waals surface area contributed by atoms with Crippen molar-refractivity contribution in [1.29, 1.82) is 0 Å². The fraction of sp³-hybridized carbons (Fsp3) is 0.500. The van der Waals surface area contributed by atoms with Crippen molar-refractivity contribution in [2.75, 3.05) is 7.05 Å². The SMILES string of the molecule is CNC1CCC(CC(=O)C(O)(c2cccs2)c2cccs2)CC1. The second-order valence-electron chi connectivity index (χ2n) is 6.30. The number of hydrogen-bond donors (Lipinski definition) is 2. The molecule has 0 bridgehead atoms. The molecule has 5 heteroatoms. The van der Waals surface area contributed by atoms with E-state index in [4.69, 9.17) is 0 Å². The van der Waals surface area contributed by atoms with Crippen molar-refractivity contribution < 1.29 is 9.90 Å². The summed E-state index contributed by atoms with van der Waals surface area (Å²) in [6, 6.07) is 8.09. The van der Waals surface area contributed by atoms with E-state index in [9.17, 15) is 9.90 Å². The molecule has 0 aromatic carbocycles. The third kappa shape index (κ3) is 3.43. The predicted octanol–water partition coefficient (Wildman–Crippen LogP) is 3.78. The first-order valence-electron chi connectivity index (χ1n) is 8.15. The molecule has 124 valence electrons. The number of ketones is 1. The molecule has 0 amide bonds. The van der Waals surface area contributed by atoms with Gasteiger partial charge in [-0.3, -0.25) is 4.79 Å². The van der Waals surface area contributed by atoms with Gasteiger partial charge in [-0.15, -0.1) is 22.7 Å². The van der Waals surface area contributed by atoms with Gasteiger partial charge < -0.3 is 10.4 Å². The van der Waals surface area contributed by atoms with Crippen LogP contribution in [0.15, 0.2) is 35.0 Å². The Morgan fingerprint density at radius 3 is 2.17 bits per heavy atom. The quantitative estimate of drug-likeness (QED) is 0.834. The van der Waals surface area contributed by atoms with Crippen LogP contribution in [0.4, 0.5) is 0 Å². The average Bonchev–Trinajstić information content (AvgIpc) is 3.28. The van der Waals surface area contributed by atoms with Gasteiger partial charge in [-0.2, -0.15) is 0 Å². The lowest BCUT2D eigenvalue weighted by molar-refractivity contribution is -0.135. The highest BCUT2D eigenvalue weighted by atomic mass is 32.1. The van der Waals surface area contributed by atoms with Crippen molar-refractivity contribution in [3.05, 3.63) is 44.8 Å². The number of rotatable bonds is 6. The highest BCUT2D eigenvalue weighted by molar-refractivity contribution is 7.12. The Bertz CT molecular complexity index is 579. The van der Waals surface area contributed by atoms with E-state index in [1.54, 1.807) is 0 Å². The smallest absolute Gasteiger partial charge is 0.192 e. The van der Waals surface area contributed by atoms with E-state index in [-0.39, 0.29) is 5.78 Å². The van der Waals surface area contributed by atoms with Gasteiger partial charge in [-0.05, 0) is 61.5 Å². The van der Waals surface area contributed by atoms with E-state index < -0.39 is 5.60 Å². The molecule has 23 heavy (non-hydrogen) atoms. The van der Waals surface area contributed by atoms with E-state index >= 15 is 0 Å². The normalized spacial score (nSPS) is 22.2. The van der Waals surface area contributed by atoms with Crippen LogP contribution in [0.1, 0.15) is 41.9 Å². The zero-order valence-corrected chi connectivity index (χ0v) is 15.0. The molecular weight excluding hydrogens is 326 g/mol. The summed E-state index contributed by atoms with van der Waals surface area (Å²) in [6.45, 7) is 0. The lowest BCUT2D eigenvalue weighted by Gasteiger charge is -2.31. The molecule has 2 heterocycles. The van der Waals surface area contributed by atoms with Gasteiger partial charge in [-0.25, -0.2) is 0 Å². The monoisotopic (exact) mass is 349 g/mol. The first-order chi connectivity index (χ1) is 11.1. The molecule has 0 unspecified atom stereocenters. The van der Waals surface area contributed by atoms with Gasteiger partial charge in [0, 0.05) is 22.2 Å². The van der Waals surface area contributed by atoms with Crippen LogP contribution in [-0.2, 0) is 10.4 Å². The number of carbonyl (C=O) groups is 1. The Morgan fingerprint density at radius 1 is 1.17 bits per heavy atom. The largest absolute Gasteiger partial charge is 0.372 e. The van der Waals surface area contributed by atoms with E-state index in [1.807, 2.05) is 42.1 Å². The summed E-state index contributed by atoms with van der Waals surface area (Å²) in [5.41, 5.74) is -1.47. The molecule has 2 aromatic rings. The zero-order chi connectivity index (χ0) is 16.3. The Hall–Kier alpha value is -1.01. The van der Waals surface area contributed by atoms with E-state index in [1.165, 1.54) is 22.7 Å². The van der Waals surface area contributed by atoms with Crippen molar-refractivity contribution >= 4 is 28.5 Å². The van der Waals surface area contributed by atoms with Gasteiger partial charge >= 0.3 is 0 Å². The van der Waals surface area contributed by atoms with Crippen molar-refractivity contribution in [3.63, 3.8) is 0 Å². The predicted molar refractivity (Wildman–Crippen MR) is 96.1 cm³/mol. The van der Waals surface area contributed by atoms with Crippen LogP contribution in [0, 0.1) is 5.92 Å². The van der Waals surface area contributed by atoms with Crippen LogP contribution in [0.25, 0.3) is 0 Å². The van der Waals surface area contributed by atoms with Crippen molar-refractivity contribution in [2.45, 2.75) is 43.7 Å². The van der Waals surface area contributed by atoms with Crippen molar-refractivity contribution in [1.82, 2.24) is 5.32 Å². The second-order valence-corrected chi connectivity index (χ2v) is 8.19. The molecule has 0 atom stereocenters. The molecule has 3 rings (SSSR count). The van der Waals surface area contributed by atoms with Crippen LogP contribution >= 0.6 is 22.7 Å². The molecule has 0 radical (unpaired) electrons. The van der Waals surface area contributed by atoms with Gasteiger partial charge in [0.1, 0.15) is 0 Å². The highest BCUT2D eigenvalue weighted by Gasteiger charge is 2.42. The maximum atomic E-state index is 13.0. The van der Waals surface area contributed by atoms with Crippen molar-refractivity contribution in [3.8, 4) is 0 Å². The summed E-state index contributed by atoms with van der Waals surface area (Å²) >= 11 is 2.90. The lowest BCUT2D eigenvalue weighted by Crippen LogP contribution is -2.38. The molecule has 2 N–H and O–H groups in total. The second kappa shape index (κ2) is 7.26. The standard InChI is InChI=1S/C18H23NO2S2/c1-19-14-8-6-13(7-9-14)12-15(20)18(21,16-4-2-10-22-16)17-5-3-11-23-17/h2-5,10-11,13-14,19,21H,6-9,12H2,1H3. The molecule has 1 aliphatic carbocycles. The Morgan fingerprint density at radius 2 is 1.74 bits per heavy atom. The summed E-state index contributed by atoms with van der Waals surface area (Å²) in [4.78, 5) is 14.5. The summed E-state index contributed by atoms with van der Waals surface area (Å²) < 4.78 is 0. The summed E-state index contributed by atoms with van der Waals surface area (Å²) in [5.74, 6) is 0.328. The Kier molecular flexibility index (Phi) is 5.31. The summed E-state index contributed by atoms with van der Waals surface area (Å²) in [6.07, 6.45) is 4.81. The minimum absolute atomic E-state index is 0.0599. The maximum absolute atomic E-state index is 13.0. The Balaban J connectivity index is 1.77. The van der Waals surface area contributed by atoms with Gasteiger partial charge in [0.05, 0.1) is 0 Å². The topological polar surface area (TPSA) is 49.3 Å². The number of aliphatic hydroxyl groups is 1. The van der Waals surface area contributed by atoms with E-state index in [0.29, 0.717) is 18.4 Å². The van der Waals surface area contributed by atoms with Crippen LogP contribution in [0.5, 0.6) is 0 Å². The fourth-order valence-electron chi connectivity index (χ4n) is 3.43. The van der Waals surface area contributed by atoms with Gasteiger partial charge in [0.2, 0.25) is 0 Å². The van der Waals surface area contributed by atoms with Crippen LogP contribution in [0.3, 0.4) is 0 Å². The number of hydrogen-bond acceptors (Lipinski definition) is 5. The van der Waals surface area contributed by atoms with Crippen LogP contribution in [0.2, 0.25) is 0 Å². The van der Waals surface area contributed by atoms with Gasteiger partial charge in [0.15, 0.2) is 11.4 Å². The first-order valence-corrected chi connectivity index (χ1v) is 9.91. The van der Waals surface area contributed by atoms with Crippen LogP contribution in [-0.4, -0.2) is 24.0 Å². The number of nitrogens with one attached hydrogen (secondary N) is 1. The van der Waals surface area contributed by atoms with Crippen molar-refractivity contribution in [2.24, 2.45) is 5.92 Å². The first kappa shape index (κ1) is 16.8. The van der Waals surface area contributed by atoms with Crippen LogP contribution < -0.4 is 5.32 Å². The van der Waals surface area contributed by atoms with Gasteiger partial charge in [0.25, 0.3) is 0 Å². The van der Waals surface area contributed by atoms with E-state index in [0.717, 1.165) is 35.4 Å². The average molecular weight is 350 g/mol. The molecule has 1 aliphatic rings. The fourth-order valence-corrected chi connectivity index (χ4v) is 5.21. The van der Waals surface area contributed by atoms with E-state index in [2.05, 4.69) is 5.32 Å². The summed E-state index contributed by atoms with van der Waals surface area (Å²) in [7, 11) is 2.00. The maximum Gasteiger partial charge on any atom is 0.192 e. The zero-order valence-electron chi connectivity index (χ0n) is 13.3. The van der Waals surface area contributed by atoms with Gasteiger partial charge in [-0.1, -0.05) is 12.1 Å². The molecule has 2 aromatic heterocycles. The lowest BCUT2D eigenvalue weighted by atomic mass is 9.80. The summed E-state index contributed by atoms with van der Waals surface area (Å²) in [5, 5.41) is 18.4. The number of thiophene rings is 2. The molecule has 0 spiro atoms.